The van der Waals surface area contributed by atoms with Crippen LogP contribution < -0.4 is 0 Å². The van der Waals surface area contributed by atoms with Gasteiger partial charge in [-0.1, -0.05) is 23.7 Å². The molecule has 1 aromatic heterocycles. The molecule has 0 bridgehead atoms. The molecule has 0 spiro atoms. The van der Waals surface area contributed by atoms with Gasteiger partial charge in [0.25, 0.3) is 0 Å². The summed E-state index contributed by atoms with van der Waals surface area (Å²) in [5.74, 6) is 1.12. The van der Waals surface area contributed by atoms with Crippen LogP contribution in [0.3, 0.4) is 0 Å². The van der Waals surface area contributed by atoms with E-state index in [-0.39, 0.29) is 0 Å². The minimum Gasteiger partial charge on any atom is -0.458 e. The van der Waals surface area contributed by atoms with Gasteiger partial charge in [-0.2, -0.15) is 0 Å². The first kappa shape index (κ1) is 9.99. The first-order valence-corrected chi connectivity index (χ1v) is 4.94. The van der Waals surface area contributed by atoms with Crippen molar-refractivity contribution < 1.29 is 9.21 Å². The normalized spacial score (nSPS) is 10.2. The summed E-state index contributed by atoms with van der Waals surface area (Å²) in [4.78, 5) is 10.4. The molecule has 0 amide bonds. The summed E-state index contributed by atoms with van der Waals surface area (Å²) in [6, 6.07) is 11.0. The lowest BCUT2D eigenvalue weighted by Crippen LogP contribution is -1.84. The highest BCUT2D eigenvalue weighted by molar-refractivity contribution is 6.30. The summed E-state index contributed by atoms with van der Waals surface area (Å²) in [7, 11) is 0. The first-order valence-electron chi connectivity index (χ1n) is 4.56. The average Bonchev–Trinajstić information content (AvgIpc) is 2.65. The van der Waals surface area contributed by atoms with Gasteiger partial charge in [0.2, 0.25) is 0 Å². The standard InChI is InChI=1S/C12H9ClO2/c13-10-3-1-2-9(6-10)7-11-4-5-12(8-14)15-11/h1-6,8H,7H2. The van der Waals surface area contributed by atoms with Crippen molar-refractivity contribution in [2.45, 2.75) is 6.42 Å². The molecule has 2 nitrogen and oxygen atoms in total. The highest BCUT2D eigenvalue weighted by Gasteiger charge is 2.02. The molecule has 0 aliphatic rings. The Hall–Kier alpha value is -1.54. The van der Waals surface area contributed by atoms with Gasteiger partial charge in [-0.25, -0.2) is 0 Å². The lowest BCUT2D eigenvalue weighted by molar-refractivity contribution is 0.109. The van der Waals surface area contributed by atoms with Gasteiger partial charge in [-0.15, -0.1) is 0 Å². The van der Waals surface area contributed by atoms with E-state index in [1.807, 2.05) is 24.3 Å². The van der Waals surface area contributed by atoms with Gasteiger partial charge < -0.3 is 4.42 Å². The summed E-state index contributed by atoms with van der Waals surface area (Å²) < 4.78 is 5.27. The number of halogens is 1. The van der Waals surface area contributed by atoms with Crippen molar-refractivity contribution >= 4 is 17.9 Å². The maximum Gasteiger partial charge on any atom is 0.185 e. The number of furan rings is 1. The van der Waals surface area contributed by atoms with Gasteiger partial charge >= 0.3 is 0 Å². The molecule has 0 atom stereocenters. The lowest BCUT2D eigenvalue weighted by Gasteiger charge is -1.98. The highest BCUT2D eigenvalue weighted by atomic mass is 35.5. The molecule has 3 heteroatoms. The minimum absolute atomic E-state index is 0.354. The second-order valence-corrected chi connectivity index (χ2v) is 3.67. The summed E-state index contributed by atoms with van der Waals surface area (Å²) in [6.07, 6.45) is 1.34. The van der Waals surface area contributed by atoms with Crippen LogP contribution in [0.15, 0.2) is 40.8 Å². The van der Waals surface area contributed by atoms with E-state index in [4.69, 9.17) is 16.0 Å². The van der Waals surface area contributed by atoms with Crippen molar-refractivity contribution in [2.75, 3.05) is 0 Å². The molecule has 1 aromatic carbocycles. The first-order chi connectivity index (χ1) is 7.28. The largest absolute Gasteiger partial charge is 0.458 e. The fourth-order valence-electron chi connectivity index (χ4n) is 1.40. The molecule has 0 aliphatic carbocycles. The molecule has 0 radical (unpaired) electrons. The second-order valence-electron chi connectivity index (χ2n) is 3.23. The topological polar surface area (TPSA) is 30.2 Å². The fraction of sp³-hybridized carbons (Fsp3) is 0.0833. The van der Waals surface area contributed by atoms with Crippen LogP contribution in [0.5, 0.6) is 0 Å². The van der Waals surface area contributed by atoms with Gasteiger partial charge in [0.15, 0.2) is 12.0 Å². The zero-order valence-corrected chi connectivity index (χ0v) is 8.70. The zero-order valence-electron chi connectivity index (χ0n) is 7.94. The van der Waals surface area contributed by atoms with Gasteiger partial charge in [0.05, 0.1) is 0 Å². The van der Waals surface area contributed by atoms with Crippen molar-refractivity contribution in [2.24, 2.45) is 0 Å². The molecule has 0 saturated heterocycles. The van der Waals surface area contributed by atoms with E-state index in [1.165, 1.54) is 0 Å². The molecule has 1 heterocycles. The van der Waals surface area contributed by atoms with E-state index in [9.17, 15) is 4.79 Å². The molecule has 0 fully saturated rings. The molecule has 0 unspecified atom stereocenters. The van der Waals surface area contributed by atoms with Gasteiger partial charge in [-0.05, 0) is 29.8 Å². The third kappa shape index (κ3) is 2.48. The Morgan fingerprint density at radius 3 is 2.80 bits per heavy atom. The zero-order chi connectivity index (χ0) is 10.7. The van der Waals surface area contributed by atoms with Crippen molar-refractivity contribution in [1.29, 1.82) is 0 Å². The number of carbonyl (C=O) groups is 1. The van der Waals surface area contributed by atoms with Crippen LogP contribution in [-0.4, -0.2) is 6.29 Å². The van der Waals surface area contributed by atoms with E-state index >= 15 is 0 Å². The van der Waals surface area contributed by atoms with Crippen LogP contribution in [-0.2, 0) is 6.42 Å². The maximum atomic E-state index is 10.4. The monoisotopic (exact) mass is 220 g/mol. The Morgan fingerprint density at radius 2 is 2.13 bits per heavy atom. The number of benzene rings is 1. The smallest absolute Gasteiger partial charge is 0.185 e. The minimum atomic E-state index is 0.354. The number of aldehydes is 1. The maximum absolute atomic E-state index is 10.4. The Morgan fingerprint density at radius 1 is 1.27 bits per heavy atom. The number of hydrogen-bond donors (Lipinski definition) is 0. The number of carbonyl (C=O) groups excluding carboxylic acids is 1. The van der Waals surface area contributed by atoms with Crippen molar-refractivity contribution in [3.05, 3.63) is 58.5 Å². The van der Waals surface area contributed by atoms with Gasteiger partial charge in [-0.3, -0.25) is 4.79 Å². The molecular weight excluding hydrogens is 212 g/mol. The third-order valence-corrected chi connectivity index (χ3v) is 2.30. The van der Waals surface area contributed by atoms with Crippen LogP contribution in [0.4, 0.5) is 0 Å². The predicted molar refractivity (Wildman–Crippen MR) is 58.4 cm³/mol. The van der Waals surface area contributed by atoms with Crippen LogP contribution >= 0.6 is 11.6 Å². The SMILES string of the molecule is O=Cc1ccc(Cc2cccc(Cl)c2)o1. The average molecular weight is 221 g/mol. The summed E-state index contributed by atoms with van der Waals surface area (Å²) >= 11 is 5.86. The van der Waals surface area contributed by atoms with Crippen LogP contribution in [0.25, 0.3) is 0 Å². The molecular formula is C12H9ClO2. The van der Waals surface area contributed by atoms with Crippen molar-refractivity contribution in [3.63, 3.8) is 0 Å². The molecule has 15 heavy (non-hydrogen) atoms. The van der Waals surface area contributed by atoms with E-state index in [2.05, 4.69) is 0 Å². The highest BCUT2D eigenvalue weighted by Crippen LogP contribution is 2.16. The van der Waals surface area contributed by atoms with Crippen LogP contribution in [0.1, 0.15) is 21.9 Å². The summed E-state index contributed by atoms with van der Waals surface area (Å²) in [6.45, 7) is 0. The van der Waals surface area contributed by atoms with E-state index < -0.39 is 0 Å². The fourth-order valence-corrected chi connectivity index (χ4v) is 1.61. The number of rotatable bonds is 3. The Balaban J connectivity index is 2.18. The van der Waals surface area contributed by atoms with E-state index in [1.54, 1.807) is 12.1 Å². The van der Waals surface area contributed by atoms with Crippen molar-refractivity contribution in [3.8, 4) is 0 Å². The van der Waals surface area contributed by atoms with Gasteiger partial charge in [0.1, 0.15) is 5.76 Å². The Kier molecular flexibility index (Phi) is 2.88. The molecule has 0 saturated carbocycles. The lowest BCUT2D eigenvalue weighted by atomic mass is 10.1. The Bertz CT molecular complexity index is 474. The summed E-state index contributed by atoms with van der Waals surface area (Å²) in [5.41, 5.74) is 1.06. The molecule has 76 valence electrons. The quantitative estimate of drug-likeness (QED) is 0.743. The third-order valence-electron chi connectivity index (χ3n) is 2.07. The predicted octanol–water partition coefficient (Wildman–Crippen LogP) is 3.34. The Labute approximate surface area is 92.5 Å². The van der Waals surface area contributed by atoms with Gasteiger partial charge in [0, 0.05) is 11.4 Å². The molecule has 2 rings (SSSR count). The second kappa shape index (κ2) is 4.32. The molecule has 2 aromatic rings. The van der Waals surface area contributed by atoms with E-state index in [0.717, 1.165) is 11.3 Å². The summed E-state index contributed by atoms with van der Waals surface area (Å²) in [5, 5.41) is 0.703. The molecule has 0 aliphatic heterocycles. The van der Waals surface area contributed by atoms with Crippen molar-refractivity contribution in [1.82, 2.24) is 0 Å². The van der Waals surface area contributed by atoms with Crippen LogP contribution in [0.2, 0.25) is 5.02 Å². The van der Waals surface area contributed by atoms with E-state index in [0.29, 0.717) is 23.5 Å². The number of hydrogen-bond acceptors (Lipinski definition) is 2. The molecule has 0 N–H and O–H groups in total. The van der Waals surface area contributed by atoms with Crippen LogP contribution in [0, 0.1) is 0 Å².